The molecular weight excluding hydrogens is 412 g/mol. The van der Waals surface area contributed by atoms with Gasteiger partial charge in [-0.1, -0.05) is 0 Å². The molecule has 9 heteroatoms. The van der Waals surface area contributed by atoms with Gasteiger partial charge in [-0.2, -0.15) is 0 Å². The molecule has 1 aliphatic heterocycles. The summed E-state index contributed by atoms with van der Waals surface area (Å²) in [6.07, 6.45) is 5.78. The van der Waals surface area contributed by atoms with Crippen molar-refractivity contribution in [1.82, 2.24) is 9.88 Å². The third kappa shape index (κ3) is 4.46. The summed E-state index contributed by atoms with van der Waals surface area (Å²) in [5.41, 5.74) is 1.35. The standard InChI is InChI=1S/C23H22N4O5/c1-31-20-13-16(8-9-17(20)26-21(28)15-5-2-10-24-14-15)25-22(29)18-6-3-11-27(18)23(30)19-7-4-12-32-19/h2,4-5,7-10,12-14,18H,3,6,11H2,1H3,(H,25,29)(H,26,28)/t18-/m0/s1. The Kier molecular flexibility index (Phi) is 6.16. The van der Waals surface area contributed by atoms with Crippen molar-refractivity contribution in [2.24, 2.45) is 0 Å². The first kappa shape index (κ1) is 21.1. The Labute approximate surface area is 184 Å². The van der Waals surface area contributed by atoms with Crippen LogP contribution >= 0.6 is 0 Å². The van der Waals surface area contributed by atoms with Gasteiger partial charge in [-0.3, -0.25) is 19.4 Å². The minimum absolute atomic E-state index is 0.208. The minimum atomic E-state index is -0.594. The van der Waals surface area contributed by atoms with Gasteiger partial charge in [-0.15, -0.1) is 0 Å². The number of anilines is 2. The highest BCUT2D eigenvalue weighted by atomic mass is 16.5. The highest BCUT2D eigenvalue weighted by molar-refractivity contribution is 6.05. The fraction of sp³-hybridized carbons (Fsp3) is 0.217. The van der Waals surface area contributed by atoms with Crippen LogP contribution in [0.25, 0.3) is 0 Å². The number of amides is 3. The van der Waals surface area contributed by atoms with Crippen molar-refractivity contribution in [3.63, 3.8) is 0 Å². The monoisotopic (exact) mass is 434 g/mol. The Morgan fingerprint density at radius 3 is 2.75 bits per heavy atom. The van der Waals surface area contributed by atoms with Gasteiger partial charge >= 0.3 is 0 Å². The quantitative estimate of drug-likeness (QED) is 0.616. The topological polar surface area (TPSA) is 114 Å². The van der Waals surface area contributed by atoms with Gasteiger partial charge in [0, 0.05) is 30.7 Å². The molecule has 0 saturated carbocycles. The Bertz CT molecular complexity index is 1110. The van der Waals surface area contributed by atoms with Crippen molar-refractivity contribution >= 4 is 29.1 Å². The van der Waals surface area contributed by atoms with Crippen molar-refractivity contribution in [2.45, 2.75) is 18.9 Å². The molecule has 32 heavy (non-hydrogen) atoms. The van der Waals surface area contributed by atoms with Gasteiger partial charge in [0.25, 0.3) is 11.8 Å². The van der Waals surface area contributed by atoms with Gasteiger partial charge in [-0.25, -0.2) is 0 Å². The van der Waals surface area contributed by atoms with Crippen LogP contribution in [0.2, 0.25) is 0 Å². The number of furan rings is 1. The number of benzene rings is 1. The smallest absolute Gasteiger partial charge is 0.290 e. The van der Waals surface area contributed by atoms with E-state index in [2.05, 4.69) is 15.6 Å². The summed E-state index contributed by atoms with van der Waals surface area (Å²) in [5, 5.41) is 5.61. The molecule has 3 amide bonds. The van der Waals surface area contributed by atoms with E-state index in [4.69, 9.17) is 9.15 Å². The van der Waals surface area contributed by atoms with E-state index in [1.165, 1.54) is 24.5 Å². The van der Waals surface area contributed by atoms with E-state index in [9.17, 15) is 14.4 Å². The zero-order valence-electron chi connectivity index (χ0n) is 17.4. The molecule has 0 bridgehead atoms. The zero-order valence-corrected chi connectivity index (χ0v) is 17.4. The van der Waals surface area contributed by atoms with E-state index in [0.717, 1.165) is 6.42 Å². The molecule has 1 aromatic carbocycles. The number of carbonyl (C=O) groups is 3. The lowest BCUT2D eigenvalue weighted by Gasteiger charge is -2.23. The molecule has 1 aliphatic rings. The molecule has 2 aromatic heterocycles. The second kappa shape index (κ2) is 9.34. The average Bonchev–Trinajstić information content (AvgIpc) is 3.52. The first-order valence-corrected chi connectivity index (χ1v) is 10.1. The number of nitrogens with one attached hydrogen (secondary N) is 2. The van der Waals surface area contributed by atoms with Crippen LogP contribution in [-0.2, 0) is 4.79 Å². The Hall–Kier alpha value is -4.14. The van der Waals surface area contributed by atoms with Crippen LogP contribution < -0.4 is 15.4 Å². The van der Waals surface area contributed by atoms with Gasteiger partial charge < -0.3 is 24.7 Å². The van der Waals surface area contributed by atoms with Crippen LogP contribution in [0, 0.1) is 0 Å². The predicted molar refractivity (Wildman–Crippen MR) is 117 cm³/mol. The van der Waals surface area contributed by atoms with Crippen molar-refractivity contribution in [1.29, 1.82) is 0 Å². The maximum atomic E-state index is 12.9. The van der Waals surface area contributed by atoms with Crippen molar-refractivity contribution < 1.29 is 23.5 Å². The number of aromatic nitrogens is 1. The van der Waals surface area contributed by atoms with Crippen LogP contribution in [-0.4, -0.2) is 47.3 Å². The Morgan fingerprint density at radius 1 is 1.16 bits per heavy atom. The van der Waals surface area contributed by atoms with Gasteiger partial charge in [-0.05, 0) is 49.2 Å². The van der Waals surface area contributed by atoms with E-state index < -0.39 is 6.04 Å². The summed E-state index contributed by atoms with van der Waals surface area (Å²) in [6.45, 7) is 0.486. The molecule has 0 aliphatic carbocycles. The van der Waals surface area contributed by atoms with Crippen LogP contribution in [0.5, 0.6) is 5.75 Å². The number of carbonyl (C=O) groups excluding carboxylic acids is 3. The summed E-state index contributed by atoms with van der Waals surface area (Å²) in [4.78, 5) is 43.4. The molecule has 0 radical (unpaired) electrons. The molecule has 9 nitrogen and oxygen atoms in total. The number of pyridine rings is 1. The lowest BCUT2D eigenvalue weighted by atomic mass is 10.2. The third-order valence-electron chi connectivity index (χ3n) is 5.19. The summed E-state index contributed by atoms with van der Waals surface area (Å²) < 4.78 is 10.6. The second-order valence-electron chi connectivity index (χ2n) is 7.23. The molecule has 3 heterocycles. The molecule has 1 saturated heterocycles. The van der Waals surface area contributed by atoms with Crippen molar-refractivity contribution in [2.75, 3.05) is 24.3 Å². The van der Waals surface area contributed by atoms with Crippen LogP contribution in [0.4, 0.5) is 11.4 Å². The number of nitrogens with zero attached hydrogens (tertiary/aromatic N) is 2. The number of likely N-dealkylation sites (tertiary alicyclic amines) is 1. The van der Waals surface area contributed by atoms with E-state index in [1.54, 1.807) is 48.7 Å². The third-order valence-corrected chi connectivity index (χ3v) is 5.19. The van der Waals surface area contributed by atoms with Crippen molar-refractivity contribution in [3.8, 4) is 5.75 Å². The summed E-state index contributed by atoms with van der Waals surface area (Å²) in [6, 6.07) is 10.9. The SMILES string of the molecule is COc1cc(NC(=O)[C@@H]2CCCN2C(=O)c2ccco2)ccc1NC(=O)c1cccnc1. The summed E-state index contributed by atoms with van der Waals surface area (Å²) in [7, 11) is 1.47. The fourth-order valence-corrected chi connectivity index (χ4v) is 3.61. The van der Waals surface area contributed by atoms with E-state index in [-0.39, 0.29) is 23.5 Å². The number of hydrogen-bond donors (Lipinski definition) is 2. The zero-order chi connectivity index (χ0) is 22.5. The molecule has 2 N–H and O–H groups in total. The largest absolute Gasteiger partial charge is 0.494 e. The van der Waals surface area contributed by atoms with Gasteiger partial charge in [0.05, 0.1) is 24.6 Å². The van der Waals surface area contributed by atoms with Crippen LogP contribution in [0.3, 0.4) is 0 Å². The minimum Gasteiger partial charge on any atom is -0.494 e. The molecule has 0 spiro atoms. The molecule has 0 unspecified atom stereocenters. The first-order chi connectivity index (χ1) is 15.6. The maximum absolute atomic E-state index is 12.9. The maximum Gasteiger partial charge on any atom is 0.290 e. The molecule has 164 valence electrons. The predicted octanol–water partition coefficient (Wildman–Crippen LogP) is 3.18. The van der Waals surface area contributed by atoms with E-state index in [1.807, 2.05) is 0 Å². The van der Waals surface area contributed by atoms with E-state index >= 15 is 0 Å². The number of rotatable bonds is 6. The second-order valence-corrected chi connectivity index (χ2v) is 7.23. The highest BCUT2D eigenvalue weighted by Gasteiger charge is 2.35. The fourth-order valence-electron chi connectivity index (χ4n) is 3.61. The number of ether oxygens (including phenoxy) is 1. The van der Waals surface area contributed by atoms with Gasteiger partial charge in [0.1, 0.15) is 11.8 Å². The molecule has 4 rings (SSSR count). The number of hydrogen-bond acceptors (Lipinski definition) is 6. The first-order valence-electron chi connectivity index (χ1n) is 10.1. The van der Waals surface area contributed by atoms with E-state index in [0.29, 0.717) is 35.7 Å². The summed E-state index contributed by atoms with van der Waals surface area (Å²) in [5.74, 6) is -0.337. The lowest BCUT2D eigenvalue weighted by Crippen LogP contribution is -2.43. The van der Waals surface area contributed by atoms with Crippen molar-refractivity contribution in [3.05, 3.63) is 72.4 Å². The highest BCUT2D eigenvalue weighted by Crippen LogP contribution is 2.29. The average molecular weight is 434 g/mol. The Morgan fingerprint density at radius 2 is 2.03 bits per heavy atom. The lowest BCUT2D eigenvalue weighted by molar-refractivity contribution is -0.119. The normalized spacial score (nSPS) is 15.3. The van der Waals surface area contributed by atoms with Crippen LogP contribution in [0.15, 0.2) is 65.5 Å². The van der Waals surface area contributed by atoms with Gasteiger partial charge in [0.2, 0.25) is 5.91 Å². The molecule has 3 aromatic rings. The number of methoxy groups -OCH3 is 1. The Balaban J connectivity index is 1.45. The van der Waals surface area contributed by atoms with Gasteiger partial charge in [0.15, 0.2) is 5.76 Å². The molecular formula is C23H22N4O5. The molecule has 1 fully saturated rings. The summed E-state index contributed by atoms with van der Waals surface area (Å²) >= 11 is 0. The molecule has 1 atom stereocenters. The van der Waals surface area contributed by atoms with Crippen LogP contribution in [0.1, 0.15) is 33.8 Å².